The summed E-state index contributed by atoms with van der Waals surface area (Å²) < 4.78 is 7.91. The fourth-order valence-corrected chi connectivity index (χ4v) is 5.27. The van der Waals surface area contributed by atoms with Crippen LogP contribution in [0.5, 0.6) is 0 Å². The van der Waals surface area contributed by atoms with Crippen molar-refractivity contribution < 1.29 is 9.53 Å². The van der Waals surface area contributed by atoms with Crippen LogP contribution >= 0.6 is 0 Å². The molecule has 1 atom stereocenters. The molecule has 0 unspecified atom stereocenters. The van der Waals surface area contributed by atoms with Crippen molar-refractivity contribution in [1.29, 1.82) is 0 Å². The molecule has 1 aromatic heterocycles. The number of aryl methyl sites for hydroxylation is 1. The summed E-state index contributed by atoms with van der Waals surface area (Å²) in [5, 5.41) is 0. The molecule has 0 radical (unpaired) electrons. The predicted octanol–water partition coefficient (Wildman–Crippen LogP) is 5.98. The summed E-state index contributed by atoms with van der Waals surface area (Å²) in [7, 11) is 1.79. The maximum absolute atomic E-state index is 13.7. The van der Waals surface area contributed by atoms with Gasteiger partial charge in [-0.25, -0.2) is 0 Å². The van der Waals surface area contributed by atoms with E-state index in [0.717, 1.165) is 53.9 Å². The van der Waals surface area contributed by atoms with Gasteiger partial charge in [-0.05, 0) is 91.3 Å². The first-order valence-corrected chi connectivity index (χ1v) is 11.4. The van der Waals surface area contributed by atoms with Gasteiger partial charge in [-0.15, -0.1) is 0 Å². The number of carbonyl (C=O) groups is 1. The number of allylic oxidation sites excluding steroid dienone is 1. The summed E-state index contributed by atoms with van der Waals surface area (Å²) in [6.45, 7) is 5.66. The van der Waals surface area contributed by atoms with Crippen molar-refractivity contribution in [3.63, 3.8) is 0 Å². The number of fused-ring (bicyclic) bond motifs is 2. The van der Waals surface area contributed by atoms with Crippen molar-refractivity contribution in [1.82, 2.24) is 4.57 Å². The lowest BCUT2D eigenvalue weighted by atomic mass is 9.84. The Morgan fingerprint density at radius 2 is 1.88 bits per heavy atom. The Labute approximate surface area is 190 Å². The first-order valence-electron chi connectivity index (χ1n) is 11.4. The highest BCUT2D eigenvalue weighted by Gasteiger charge is 2.26. The molecule has 0 saturated heterocycles. The number of nitrogens with zero attached hydrogens (tertiary/aromatic N) is 2. The lowest BCUT2D eigenvalue weighted by molar-refractivity contribution is 0.0984. The lowest BCUT2D eigenvalue weighted by Crippen LogP contribution is -2.30. The van der Waals surface area contributed by atoms with Crippen molar-refractivity contribution in [3.05, 3.63) is 94.3 Å². The molecular formula is C28H30N2O2. The minimum absolute atomic E-state index is 0.0471. The van der Waals surface area contributed by atoms with Crippen LogP contribution in [-0.2, 0) is 17.8 Å². The van der Waals surface area contributed by atoms with Crippen molar-refractivity contribution >= 4 is 17.2 Å². The molecule has 2 aliphatic rings. The Morgan fingerprint density at radius 3 is 2.69 bits per heavy atom. The van der Waals surface area contributed by atoms with E-state index in [-0.39, 0.29) is 12.0 Å². The van der Waals surface area contributed by atoms with Crippen LogP contribution in [0.2, 0.25) is 0 Å². The molecule has 32 heavy (non-hydrogen) atoms. The van der Waals surface area contributed by atoms with Crippen molar-refractivity contribution in [2.75, 3.05) is 12.0 Å². The Bertz CT molecular complexity index is 1200. The van der Waals surface area contributed by atoms with Gasteiger partial charge < -0.3 is 14.2 Å². The predicted molar refractivity (Wildman–Crippen MR) is 129 cm³/mol. The third-order valence-electron chi connectivity index (χ3n) is 7.05. The van der Waals surface area contributed by atoms with Crippen LogP contribution in [0.3, 0.4) is 0 Å². The van der Waals surface area contributed by atoms with Gasteiger partial charge >= 0.3 is 0 Å². The number of rotatable bonds is 3. The molecule has 5 rings (SSSR count). The molecule has 0 spiro atoms. The molecule has 4 heteroatoms. The van der Waals surface area contributed by atoms with Crippen LogP contribution in [0.4, 0.5) is 5.69 Å². The number of ether oxygens (including phenoxy) is 1. The van der Waals surface area contributed by atoms with Gasteiger partial charge in [-0.1, -0.05) is 24.3 Å². The zero-order valence-electron chi connectivity index (χ0n) is 19.1. The minimum Gasteiger partial charge on any atom is -0.377 e. The highest BCUT2D eigenvalue weighted by atomic mass is 16.5. The maximum Gasteiger partial charge on any atom is 0.258 e. The summed E-state index contributed by atoms with van der Waals surface area (Å²) >= 11 is 0. The Hall–Kier alpha value is -3.11. The monoisotopic (exact) mass is 426 g/mol. The smallest absolute Gasteiger partial charge is 0.258 e. The van der Waals surface area contributed by atoms with Gasteiger partial charge in [0.25, 0.3) is 5.91 Å². The topological polar surface area (TPSA) is 34.5 Å². The number of hydrogen-bond acceptors (Lipinski definition) is 2. The van der Waals surface area contributed by atoms with Crippen molar-refractivity contribution in [2.45, 2.75) is 52.3 Å². The van der Waals surface area contributed by atoms with Crippen LogP contribution in [0.25, 0.3) is 5.57 Å². The second-order valence-corrected chi connectivity index (χ2v) is 8.96. The van der Waals surface area contributed by atoms with E-state index in [1.807, 2.05) is 23.1 Å². The Kier molecular flexibility index (Phi) is 5.48. The number of hydrogen-bond donors (Lipinski definition) is 0. The van der Waals surface area contributed by atoms with E-state index in [9.17, 15) is 4.79 Å². The zero-order chi connectivity index (χ0) is 22.2. The third kappa shape index (κ3) is 3.59. The van der Waals surface area contributed by atoms with E-state index in [0.29, 0.717) is 6.54 Å². The van der Waals surface area contributed by atoms with Crippen LogP contribution in [0.15, 0.2) is 66.4 Å². The molecule has 3 aromatic rings. The Morgan fingerprint density at radius 1 is 1.03 bits per heavy atom. The average molecular weight is 427 g/mol. The summed E-state index contributed by atoms with van der Waals surface area (Å²) in [5.41, 5.74) is 9.13. The van der Waals surface area contributed by atoms with Crippen LogP contribution in [-0.4, -0.2) is 23.7 Å². The molecule has 0 saturated carbocycles. The van der Waals surface area contributed by atoms with Crippen molar-refractivity contribution in [3.8, 4) is 0 Å². The molecule has 2 heterocycles. The largest absolute Gasteiger partial charge is 0.377 e. The molecule has 0 N–H and O–H groups in total. The first-order chi connectivity index (χ1) is 15.6. The molecule has 0 fully saturated rings. The number of carbonyl (C=O) groups excluding carboxylic acids is 1. The van der Waals surface area contributed by atoms with E-state index in [2.05, 4.69) is 61.0 Å². The molecule has 2 aromatic carbocycles. The van der Waals surface area contributed by atoms with Gasteiger partial charge in [0.1, 0.15) is 0 Å². The highest BCUT2D eigenvalue weighted by Crippen LogP contribution is 2.36. The van der Waals surface area contributed by atoms with Crippen LogP contribution in [0.1, 0.15) is 58.9 Å². The molecule has 0 bridgehead atoms. The molecule has 1 aliphatic heterocycles. The summed E-state index contributed by atoms with van der Waals surface area (Å²) in [6.07, 6.45) is 5.57. The SMILES string of the molecule is CO[C@@H]1CCCC(c2ccc(C(=O)N3Cc4cccn4Cc4ccccc43)cc2C)=C1C. The number of aromatic nitrogens is 1. The average Bonchev–Trinajstić information content (AvgIpc) is 3.18. The second kappa shape index (κ2) is 8.44. The van der Waals surface area contributed by atoms with Gasteiger partial charge in [0.05, 0.1) is 12.6 Å². The summed E-state index contributed by atoms with van der Waals surface area (Å²) in [5.74, 6) is 0.0471. The van der Waals surface area contributed by atoms with E-state index in [1.165, 1.54) is 16.7 Å². The van der Waals surface area contributed by atoms with Gasteiger partial charge in [-0.2, -0.15) is 0 Å². The molecule has 4 nitrogen and oxygen atoms in total. The highest BCUT2D eigenvalue weighted by molar-refractivity contribution is 6.06. The van der Waals surface area contributed by atoms with Gasteiger partial charge in [-0.3, -0.25) is 4.79 Å². The fraction of sp³-hybridized carbons (Fsp3) is 0.321. The van der Waals surface area contributed by atoms with Gasteiger partial charge in [0.15, 0.2) is 0 Å². The van der Waals surface area contributed by atoms with Crippen LogP contribution < -0.4 is 4.90 Å². The third-order valence-corrected chi connectivity index (χ3v) is 7.05. The molecule has 164 valence electrons. The summed E-state index contributed by atoms with van der Waals surface area (Å²) in [4.78, 5) is 15.7. The van der Waals surface area contributed by atoms with Crippen LogP contribution in [0, 0.1) is 6.92 Å². The summed E-state index contributed by atoms with van der Waals surface area (Å²) in [6, 6.07) is 18.6. The van der Waals surface area contributed by atoms with E-state index in [1.54, 1.807) is 7.11 Å². The number of benzene rings is 2. The number of methoxy groups -OCH3 is 1. The van der Waals surface area contributed by atoms with E-state index < -0.39 is 0 Å². The van der Waals surface area contributed by atoms with Gasteiger partial charge in [0, 0.05) is 36.8 Å². The fourth-order valence-electron chi connectivity index (χ4n) is 5.27. The maximum atomic E-state index is 13.7. The standard InChI is InChI=1S/C28H30N2O2/c1-19-16-21(13-14-24(19)25-10-6-12-27(32-3)20(25)2)28(31)30-18-23-9-7-15-29(23)17-22-8-4-5-11-26(22)30/h4-5,7-9,11,13-16,27H,6,10,12,17-18H2,1-3H3/t27-/m1/s1. The number of para-hydroxylation sites is 1. The number of anilines is 1. The number of amides is 1. The first kappa shape index (κ1) is 20.8. The normalized spacial score (nSPS) is 18.2. The second-order valence-electron chi connectivity index (χ2n) is 8.96. The molecular weight excluding hydrogens is 396 g/mol. The lowest BCUT2D eigenvalue weighted by Gasteiger charge is -2.27. The van der Waals surface area contributed by atoms with E-state index >= 15 is 0 Å². The molecule has 1 amide bonds. The minimum atomic E-state index is 0.0471. The zero-order valence-corrected chi connectivity index (χ0v) is 19.1. The molecule has 1 aliphatic carbocycles. The Balaban J connectivity index is 1.51. The van der Waals surface area contributed by atoms with E-state index in [4.69, 9.17) is 4.74 Å². The van der Waals surface area contributed by atoms with Crippen molar-refractivity contribution in [2.24, 2.45) is 0 Å². The quantitative estimate of drug-likeness (QED) is 0.516. The van der Waals surface area contributed by atoms with Gasteiger partial charge in [0.2, 0.25) is 0 Å².